The van der Waals surface area contributed by atoms with Crippen LogP contribution in [0, 0.1) is 5.92 Å². The molecule has 0 bridgehead atoms. The van der Waals surface area contributed by atoms with Gasteiger partial charge < -0.3 is 4.74 Å². The molecule has 0 fully saturated rings. The highest BCUT2D eigenvalue weighted by atomic mass is 16.5. The molecule has 0 aliphatic heterocycles. The van der Waals surface area contributed by atoms with Gasteiger partial charge in [-0.3, -0.25) is 4.79 Å². The van der Waals surface area contributed by atoms with Crippen molar-refractivity contribution < 1.29 is 9.53 Å². The summed E-state index contributed by atoms with van der Waals surface area (Å²) in [6.07, 6.45) is 2.44. The summed E-state index contributed by atoms with van der Waals surface area (Å²) >= 11 is 0. The van der Waals surface area contributed by atoms with Gasteiger partial charge >= 0.3 is 0 Å². The van der Waals surface area contributed by atoms with Gasteiger partial charge in [-0.1, -0.05) is 45.4 Å². The van der Waals surface area contributed by atoms with Crippen molar-refractivity contribution in [1.29, 1.82) is 0 Å². The lowest BCUT2D eigenvalue weighted by Gasteiger charge is -2.14. The first-order valence-corrected chi connectivity index (χ1v) is 6.74. The Kier molecular flexibility index (Phi) is 6.06. The van der Waals surface area contributed by atoms with E-state index in [0.29, 0.717) is 5.92 Å². The highest BCUT2D eigenvalue weighted by Gasteiger charge is 2.18. The van der Waals surface area contributed by atoms with E-state index in [1.165, 1.54) is 5.56 Å². The number of rotatable bonds is 7. The largest absolute Gasteiger partial charge is 0.373 e. The Morgan fingerprint density at radius 3 is 2.61 bits per heavy atom. The maximum absolute atomic E-state index is 12.3. The Balaban J connectivity index is 2.84. The van der Waals surface area contributed by atoms with E-state index in [2.05, 4.69) is 26.8 Å². The van der Waals surface area contributed by atoms with Crippen LogP contribution in [-0.2, 0) is 11.2 Å². The van der Waals surface area contributed by atoms with Crippen molar-refractivity contribution in [2.45, 2.75) is 46.1 Å². The molecule has 2 heteroatoms. The van der Waals surface area contributed by atoms with Crippen molar-refractivity contribution in [3.8, 4) is 0 Å². The highest BCUT2D eigenvalue weighted by Crippen LogP contribution is 2.15. The van der Waals surface area contributed by atoms with Crippen LogP contribution in [0.1, 0.15) is 49.5 Å². The topological polar surface area (TPSA) is 26.3 Å². The van der Waals surface area contributed by atoms with Crippen molar-refractivity contribution >= 4 is 5.78 Å². The normalized spacial score (nSPS) is 12.7. The van der Waals surface area contributed by atoms with Gasteiger partial charge in [-0.15, -0.1) is 0 Å². The first-order chi connectivity index (χ1) is 8.58. The number of ether oxygens (including phenoxy) is 1. The fraction of sp³-hybridized carbons (Fsp3) is 0.562. The zero-order valence-corrected chi connectivity index (χ0v) is 11.9. The van der Waals surface area contributed by atoms with E-state index in [1.807, 2.05) is 18.2 Å². The minimum Gasteiger partial charge on any atom is -0.373 e. The van der Waals surface area contributed by atoms with Gasteiger partial charge in [0.1, 0.15) is 6.10 Å². The van der Waals surface area contributed by atoms with Crippen LogP contribution in [0.2, 0.25) is 0 Å². The van der Waals surface area contributed by atoms with Gasteiger partial charge in [0.25, 0.3) is 0 Å². The quantitative estimate of drug-likeness (QED) is 0.684. The van der Waals surface area contributed by atoms with E-state index >= 15 is 0 Å². The van der Waals surface area contributed by atoms with E-state index in [-0.39, 0.29) is 11.9 Å². The van der Waals surface area contributed by atoms with Crippen LogP contribution < -0.4 is 0 Å². The number of hydrogen-bond acceptors (Lipinski definition) is 2. The second kappa shape index (κ2) is 7.32. The standard InChI is InChI=1S/C16H24O2/c1-5-7-15(18-4)16(17)14-9-6-8-13(11-14)10-12(2)3/h6,8-9,11-12,15H,5,7,10H2,1-4H3. The third-order valence-corrected chi connectivity index (χ3v) is 2.98. The van der Waals surface area contributed by atoms with Crippen molar-refractivity contribution in [3.05, 3.63) is 35.4 Å². The van der Waals surface area contributed by atoms with Crippen molar-refractivity contribution in [3.63, 3.8) is 0 Å². The Labute approximate surface area is 110 Å². The zero-order chi connectivity index (χ0) is 13.5. The Morgan fingerprint density at radius 1 is 1.33 bits per heavy atom. The van der Waals surface area contributed by atoms with Gasteiger partial charge in [0, 0.05) is 12.7 Å². The van der Waals surface area contributed by atoms with Crippen LogP contribution in [0.4, 0.5) is 0 Å². The minimum atomic E-state index is -0.302. The summed E-state index contributed by atoms with van der Waals surface area (Å²) in [5.41, 5.74) is 2.00. The van der Waals surface area contributed by atoms with Crippen molar-refractivity contribution in [2.24, 2.45) is 5.92 Å². The van der Waals surface area contributed by atoms with E-state index < -0.39 is 0 Å². The molecule has 0 amide bonds. The van der Waals surface area contributed by atoms with Crippen LogP contribution in [0.15, 0.2) is 24.3 Å². The molecule has 1 aromatic rings. The molecule has 0 radical (unpaired) electrons. The smallest absolute Gasteiger partial charge is 0.191 e. The Morgan fingerprint density at radius 2 is 2.06 bits per heavy atom. The molecule has 1 unspecified atom stereocenters. The molecule has 0 aliphatic carbocycles. The summed E-state index contributed by atoms with van der Waals surface area (Å²) in [6.45, 7) is 6.43. The van der Waals surface area contributed by atoms with Gasteiger partial charge in [-0.25, -0.2) is 0 Å². The number of hydrogen-bond donors (Lipinski definition) is 0. The van der Waals surface area contributed by atoms with Gasteiger partial charge in [-0.05, 0) is 30.4 Å². The number of Topliss-reactive ketones (excluding diaryl/α,β-unsaturated/α-hetero) is 1. The van der Waals surface area contributed by atoms with E-state index in [0.717, 1.165) is 24.8 Å². The molecule has 1 rings (SSSR count). The van der Waals surface area contributed by atoms with Crippen LogP contribution >= 0.6 is 0 Å². The van der Waals surface area contributed by atoms with Crippen LogP contribution in [0.3, 0.4) is 0 Å². The minimum absolute atomic E-state index is 0.102. The van der Waals surface area contributed by atoms with Gasteiger partial charge in [-0.2, -0.15) is 0 Å². The van der Waals surface area contributed by atoms with E-state index in [9.17, 15) is 4.79 Å². The van der Waals surface area contributed by atoms with Crippen LogP contribution in [-0.4, -0.2) is 19.0 Å². The number of carbonyl (C=O) groups excluding carboxylic acids is 1. The van der Waals surface area contributed by atoms with Gasteiger partial charge in [0.15, 0.2) is 5.78 Å². The van der Waals surface area contributed by atoms with Gasteiger partial charge in [0.2, 0.25) is 0 Å². The first kappa shape index (κ1) is 14.9. The molecule has 0 spiro atoms. The van der Waals surface area contributed by atoms with Crippen LogP contribution in [0.5, 0.6) is 0 Å². The third kappa shape index (κ3) is 4.26. The fourth-order valence-corrected chi connectivity index (χ4v) is 2.13. The molecule has 0 saturated carbocycles. The molecule has 0 saturated heterocycles. The average molecular weight is 248 g/mol. The van der Waals surface area contributed by atoms with Gasteiger partial charge in [0.05, 0.1) is 0 Å². The maximum atomic E-state index is 12.3. The molecule has 1 aromatic carbocycles. The SMILES string of the molecule is CCCC(OC)C(=O)c1cccc(CC(C)C)c1. The summed E-state index contributed by atoms with van der Waals surface area (Å²) in [6, 6.07) is 7.93. The zero-order valence-electron chi connectivity index (χ0n) is 11.9. The molecule has 0 aromatic heterocycles. The fourth-order valence-electron chi connectivity index (χ4n) is 2.13. The monoisotopic (exact) mass is 248 g/mol. The lowest BCUT2D eigenvalue weighted by molar-refractivity contribution is 0.0578. The second-order valence-corrected chi connectivity index (χ2v) is 5.18. The third-order valence-electron chi connectivity index (χ3n) is 2.98. The maximum Gasteiger partial charge on any atom is 0.191 e. The number of methoxy groups -OCH3 is 1. The molecule has 100 valence electrons. The Bertz CT molecular complexity index is 382. The highest BCUT2D eigenvalue weighted by molar-refractivity contribution is 5.99. The molecule has 0 N–H and O–H groups in total. The molecule has 18 heavy (non-hydrogen) atoms. The summed E-state index contributed by atoms with van der Waals surface area (Å²) in [7, 11) is 1.61. The summed E-state index contributed by atoms with van der Waals surface area (Å²) < 4.78 is 5.28. The Hall–Kier alpha value is -1.15. The summed E-state index contributed by atoms with van der Waals surface area (Å²) in [5.74, 6) is 0.703. The molecule has 0 heterocycles. The van der Waals surface area contributed by atoms with Crippen LogP contribution in [0.25, 0.3) is 0 Å². The molecule has 0 aliphatic rings. The van der Waals surface area contributed by atoms with Crippen molar-refractivity contribution in [2.75, 3.05) is 7.11 Å². The summed E-state index contributed by atoms with van der Waals surface area (Å²) in [5, 5.41) is 0. The lowest BCUT2D eigenvalue weighted by atomic mass is 9.97. The number of benzene rings is 1. The first-order valence-electron chi connectivity index (χ1n) is 6.74. The second-order valence-electron chi connectivity index (χ2n) is 5.18. The number of ketones is 1. The average Bonchev–Trinajstić information content (AvgIpc) is 2.34. The van der Waals surface area contributed by atoms with E-state index in [1.54, 1.807) is 7.11 Å². The predicted octanol–water partition coefficient (Wildman–Crippen LogP) is 3.88. The van der Waals surface area contributed by atoms with E-state index in [4.69, 9.17) is 4.74 Å². The molecule has 1 atom stereocenters. The predicted molar refractivity (Wildman–Crippen MR) is 75.0 cm³/mol. The molecular weight excluding hydrogens is 224 g/mol. The van der Waals surface area contributed by atoms with Crippen molar-refractivity contribution in [1.82, 2.24) is 0 Å². The molecule has 2 nitrogen and oxygen atoms in total. The number of carbonyl (C=O) groups is 1. The lowest BCUT2D eigenvalue weighted by Crippen LogP contribution is -2.23. The summed E-state index contributed by atoms with van der Waals surface area (Å²) in [4.78, 5) is 12.3. The molecular formula is C16H24O2.